The van der Waals surface area contributed by atoms with Crippen LogP contribution in [0.1, 0.15) is 29.5 Å². The van der Waals surface area contributed by atoms with Gasteiger partial charge in [-0.3, -0.25) is 4.90 Å². The van der Waals surface area contributed by atoms with Gasteiger partial charge in [0.05, 0.1) is 5.57 Å². The van der Waals surface area contributed by atoms with E-state index in [-0.39, 0.29) is 11.1 Å². The lowest BCUT2D eigenvalue weighted by atomic mass is 9.89. The Balaban J connectivity index is 1.68. The molecule has 1 aliphatic heterocycles. The van der Waals surface area contributed by atoms with Gasteiger partial charge in [0.25, 0.3) is 0 Å². The van der Waals surface area contributed by atoms with Gasteiger partial charge in [-0.2, -0.15) is 13.2 Å². The molecular weight excluding hydrogens is 411 g/mol. The largest absolute Gasteiger partial charge is 0.492 e. The molecule has 0 atom stereocenters. The number of hydrogen-bond acceptors (Lipinski definition) is 2. The van der Waals surface area contributed by atoms with Gasteiger partial charge in [0.15, 0.2) is 0 Å². The quantitative estimate of drug-likeness (QED) is 0.382. The van der Waals surface area contributed by atoms with Gasteiger partial charge in [0.2, 0.25) is 0 Å². The van der Waals surface area contributed by atoms with Gasteiger partial charge in [-0.1, -0.05) is 72.8 Å². The van der Waals surface area contributed by atoms with E-state index in [4.69, 9.17) is 4.74 Å². The Morgan fingerprint density at radius 1 is 0.719 bits per heavy atom. The van der Waals surface area contributed by atoms with Crippen molar-refractivity contribution in [3.05, 3.63) is 102 Å². The first kappa shape index (κ1) is 22.2. The Hall–Kier alpha value is -3.05. The predicted octanol–water partition coefficient (Wildman–Crippen LogP) is 6.68. The van der Waals surface area contributed by atoms with E-state index in [0.29, 0.717) is 23.5 Å². The molecule has 1 heterocycles. The second-order valence-corrected chi connectivity index (χ2v) is 7.90. The number of alkyl halides is 3. The summed E-state index contributed by atoms with van der Waals surface area (Å²) in [5.41, 5.74) is 0.676. The van der Waals surface area contributed by atoms with Gasteiger partial charge in [-0.05, 0) is 54.8 Å². The number of hydrogen-bond donors (Lipinski definition) is 0. The van der Waals surface area contributed by atoms with Crippen LogP contribution in [0.4, 0.5) is 13.2 Å². The maximum atomic E-state index is 14.3. The lowest BCUT2D eigenvalue weighted by Gasteiger charge is -2.20. The van der Waals surface area contributed by atoms with Crippen LogP contribution in [0.15, 0.2) is 84.9 Å². The fraction of sp³-hybridized carbons (Fsp3) is 0.259. The zero-order valence-electron chi connectivity index (χ0n) is 17.8. The molecule has 32 heavy (non-hydrogen) atoms. The van der Waals surface area contributed by atoms with Crippen molar-refractivity contribution in [1.82, 2.24) is 4.90 Å². The second kappa shape index (κ2) is 10.0. The Kier molecular flexibility index (Phi) is 6.96. The molecule has 3 aromatic carbocycles. The van der Waals surface area contributed by atoms with Crippen molar-refractivity contribution >= 4 is 11.1 Å². The molecular formula is C27H26F3NO. The molecule has 0 unspecified atom stereocenters. The third-order valence-electron chi connectivity index (χ3n) is 5.68. The summed E-state index contributed by atoms with van der Waals surface area (Å²) >= 11 is 0. The molecule has 1 saturated heterocycles. The predicted molar refractivity (Wildman–Crippen MR) is 122 cm³/mol. The van der Waals surface area contributed by atoms with E-state index in [1.807, 2.05) is 0 Å². The van der Waals surface area contributed by atoms with Crippen LogP contribution in [0.2, 0.25) is 0 Å². The highest BCUT2D eigenvalue weighted by atomic mass is 19.4. The van der Waals surface area contributed by atoms with Crippen molar-refractivity contribution in [3.8, 4) is 5.75 Å². The number of benzene rings is 3. The van der Waals surface area contributed by atoms with E-state index in [1.54, 1.807) is 72.8 Å². The summed E-state index contributed by atoms with van der Waals surface area (Å²) in [5.74, 6) is 0.661. The minimum atomic E-state index is -4.52. The third kappa shape index (κ3) is 5.40. The maximum Gasteiger partial charge on any atom is 0.417 e. The van der Waals surface area contributed by atoms with Gasteiger partial charge in [0, 0.05) is 12.1 Å². The lowest BCUT2D eigenvalue weighted by Crippen LogP contribution is -2.25. The Labute approximate surface area is 187 Å². The van der Waals surface area contributed by atoms with Crippen LogP contribution in [0.3, 0.4) is 0 Å². The van der Waals surface area contributed by atoms with E-state index in [1.165, 1.54) is 25.0 Å². The van der Waals surface area contributed by atoms with E-state index in [9.17, 15) is 13.2 Å². The van der Waals surface area contributed by atoms with Crippen molar-refractivity contribution in [2.75, 3.05) is 26.2 Å². The fourth-order valence-corrected chi connectivity index (χ4v) is 4.13. The van der Waals surface area contributed by atoms with Crippen LogP contribution in [-0.2, 0) is 0 Å². The van der Waals surface area contributed by atoms with E-state index in [2.05, 4.69) is 4.90 Å². The highest BCUT2D eigenvalue weighted by Gasteiger charge is 2.38. The molecule has 5 heteroatoms. The molecule has 0 N–H and O–H groups in total. The summed E-state index contributed by atoms with van der Waals surface area (Å²) in [6.45, 7) is 3.64. The van der Waals surface area contributed by atoms with Crippen LogP contribution < -0.4 is 4.74 Å². The van der Waals surface area contributed by atoms with Gasteiger partial charge in [-0.25, -0.2) is 0 Å². The minimum Gasteiger partial charge on any atom is -0.492 e. The molecule has 1 aliphatic rings. The summed E-state index contributed by atoms with van der Waals surface area (Å²) in [7, 11) is 0. The van der Waals surface area contributed by atoms with Gasteiger partial charge < -0.3 is 4.74 Å². The molecule has 166 valence electrons. The molecule has 0 saturated carbocycles. The van der Waals surface area contributed by atoms with E-state index in [0.717, 1.165) is 19.6 Å². The van der Waals surface area contributed by atoms with Crippen LogP contribution >= 0.6 is 0 Å². The van der Waals surface area contributed by atoms with Crippen molar-refractivity contribution in [2.45, 2.75) is 19.0 Å². The molecule has 0 spiro atoms. The zero-order chi connectivity index (χ0) is 22.4. The smallest absolute Gasteiger partial charge is 0.417 e. The summed E-state index contributed by atoms with van der Waals surface area (Å²) < 4.78 is 48.8. The van der Waals surface area contributed by atoms with E-state index < -0.39 is 11.7 Å². The first-order valence-corrected chi connectivity index (χ1v) is 10.9. The van der Waals surface area contributed by atoms with Gasteiger partial charge >= 0.3 is 6.18 Å². The third-order valence-corrected chi connectivity index (χ3v) is 5.68. The lowest BCUT2D eigenvalue weighted by molar-refractivity contribution is -0.0685. The molecule has 1 fully saturated rings. The Bertz CT molecular complexity index is 1020. The standard InChI is InChI=1S/C27H26F3NO/c28-27(29,30)26(23-11-5-2-6-12-23)25(21-9-3-1-4-10-21)22-13-15-24(16-14-22)32-20-19-31-17-7-8-18-31/h1-6,9-16H,7-8,17-20H2/b26-25+. The van der Waals surface area contributed by atoms with Crippen LogP contribution in [0.25, 0.3) is 11.1 Å². The zero-order valence-corrected chi connectivity index (χ0v) is 17.8. The number of nitrogens with zero attached hydrogens (tertiary/aromatic N) is 1. The normalized spacial score (nSPS) is 15.5. The number of allylic oxidation sites excluding steroid dienone is 1. The molecule has 3 aromatic rings. The second-order valence-electron chi connectivity index (χ2n) is 7.90. The monoisotopic (exact) mass is 437 g/mol. The van der Waals surface area contributed by atoms with Gasteiger partial charge in [-0.15, -0.1) is 0 Å². The van der Waals surface area contributed by atoms with Crippen LogP contribution in [-0.4, -0.2) is 37.3 Å². The highest BCUT2D eigenvalue weighted by molar-refractivity contribution is 6.00. The van der Waals surface area contributed by atoms with E-state index >= 15 is 0 Å². The summed E-state index contributed by atoms with van der Waals surface area (Å²) in [4.78, 5) is 2.36. The average Bonchev–Trinajstić information content (AvgIpc) is 3.32. The number of likely N-dealkylation sites (tertiary alicyclic amines) is 1. The molecule has 0 bridgehead atoms. The SMILES string of the molecule is FC(F)(F)/C(=C(\c1ccccc1)c1ccc(OCCN2CCCC2)cc1)c1ccccc1. The molecule has 0 radical (unpaired) electrons. The highest BCUT2D eigenvalue weighted by Crippen LogP contribution is 2.42. The van der Waals surface area contributed by atoms with Crippen molar-refractivity contribution in [2.24, 2.45) is 0 Å². The first-order valence-electron chi connectivity index (χ1n) is 10.9. The van der Waals surface area contributed by atoms with Crippen LogP contribution in [0, 0.1) is 0 Å². The summed E-state index contributed by atoms with van der Waals surface area (Å²) in [6, 6.07) is 23.6. The fourth-order valence-electron chi connectivity index (χ4n) is 4.13. The Morgan fingerprint density at radius 3 is 1.81 bits per heavy atom. The van der Waals surface area contributed by atoms with Crippen molar-refractivity contribution < 1.29 is 17.9 Å². The molecule has 4 rings (SSSR count). The molecule has 0 aromatic heterocycles. The number of ether oxygens (including phenoxy) is 1. The Morgan fingerprint density at radius 2 is 1.25 bits per heavy atom. The molecule has 0 aliphatic carbocycles. The summed E-state index contributed by atoms with van der Waals surface area (Å²) in [6.07, 6.45) is -2.06. The summed E-state index contributed by atoms with van der Waals surface area (Å²) in [5, 5.41) is 0. The van der Waals surface area contributed by atoms with Crippen molar-refractivity contribution in [3.63, 3.8) is 0 Å². The van der Waals surface area contributed by atoms with Crippen LogP contribution in [0.5, 0.6) is 5.75 Å². The average molecular weight is 438 g/mol. The maximum absolute atomic E-state index is 14.3. The van der Waals surface area contributed by atoms with Crippen molar-refractivity contribution in [1.29, 1.82) is 0 Å². The topological polar surface area (TPSA) is 12.5 Å². The molecule has 0 amide bonds. The number of rotatable bonds is 7. The number of halogens is 3. The first-order chi connectivity index (χ1) is 15.5. The molecule has 2 nitrogen and oxygen atoms in total. The van der Waals surface area contributed by atoms with Gasteiger partial charge in [0.1, 0.15) is 12.4 Å². The minimum absolute atomic E-state index is 0.143.